The van der Waals surface area contributed by atoms with Crippen molar-refractivity contribution in [3.63, 3.8) is 0 Å². The number of rotatable bonds is 6. The van der Waals surface area contributed by atoms with Crippen LogP contribution < -0.4 is 19.7 Å². The molecule has 0 spiro atoms. The molecule has 2 N–H and O–H groups in total. The molecule has 1 aliphatic rings. The van der Waals surface area contributed by atoms with Crippen molar-refractivity contribution in [1.82, 2.24) is 0 Å². The molecule has 28 heavy (non-hydrogen) atoms. The van der Waals surface area contributed by atoms with E-state index >= 15 is 0 Å². The second kappa shape index (κ2) is 7.99. The van der Waals surface area contributed by atoms with Gasteiger partial charge in [0.2, 0.25) is 5.91 Å². The van der Waals surface area contributed by atoms with Gasteiger partial charge in [-0.15, -0.1) is 0 Å². The highest BCUT2D eigenvalue weighted by Crippen LogP contribution is 2.40. The fraction of sp³-hybridized carbons (Fsp3) is 0.250. The number of carbonyl (C=O) groups excluding carboxylic acids is 2. The number of carbonyl (C=O) groups is 3. The third-order valence-corrected chi connectivity index (χ3v) is 4.55. The number of hydrogen-bond acceptors (Lipinski definition) is 5. The number of aliphatic carboxylic acids is 1. The fourth-order valence-corrected chi connectivity index (χ4v) is 3.08. The first-order valence-electron chi connectivity index (χ1n) is 8.60. The molecule has 0 bridgehead atoms. The maximum Gasteiger partial charge on any atom is 0.308 e. The molecule has 1 heterocycles. The van der Waals surface area contributed by atoms with Gasteiger partial charge in [0.05, 0.1) is 31.5 Å². The van der Waals surface area contributed by atoms with Crippen molar-refractivity contribution < 1.29 is 29.0 Å². The Kier molecular flexibility index (Phi) is 5.49. The van der Waals surface area contributed by atoms with Crippen LogP contribution in [0.3, 0.4) is 0 Å². The lowest BCUT2D eigenvalue weighted by atomic mass is 10.1. The minimum absolute atomic E-state index is 0.0450. The van der Waals surface area contributed by atoms with Crippen LogP contribution in [0.5, 0.6) is 11.5 Å². The third kappa shape index (κ3) is 3.75. The van der Waals surface area contributed by atoms with Crippen LogP contribution in [0.4, 0.5) is 11.4 Å². The van der Waals surface area contributed by atoms with Crippen LogP contribution in [0.15, 0.2) is 42.5 Å². The summed E-state index contributed by atoms with van der Waals surface area (Å²) in [5.74, 6) is -1.78. The van der Waals surface area contributed by atoms with Crippen LogP contribution in [0, 0.1) is 5.92 Å². The standard InChI is InChI=1S/C20H20N2O6/c1-27-16-10-15(22-11-13(20(25)26)8-18(22)23)17(28-2)9-14(16)21-19(24)12-6-4-3-5-7-12/h3-7,9-10,13H,8,11H2,1-2H3,(H,21,24)(H,25,26)/t13-/m1/s1. The van der Waals surface area contributed by atoms with E-state index in [1.807, 2.05) is 6.07 Å². The highest BCUT2D eigenvalue weighted by molar-refractivity contribution is 6.06. The van der Waals surface area contributed by atoms with Crippen molar-refractivity contribution in [3.05, 3.63) is 48.0 Å². The molecule has 1 aliphatic heterocycles. The molecule has 2 aromatic rings. The Morgan fingerprint density at radius 3 is 2.36 bits per heavy atom. The minimum atomic E-state index is -1.02. The number of benzene rings is 2. The summed E-state index contributed by atoms with van der Waals surface area (Å²) < 4.78 is 10.7. The fourth-order valence-electron chi connectivity index (χ4n) is 3.08. The lowest BCUT2D eigenvalue weighted by Gasteiger charge is -2.22. The molecule has 0 aliphatic carbocycles. The van der Waals surface area contributed by atoms with Gasteiger partial charge in [-0.05, 0) is 12.1 Å². The molecule has 0 saturated carbocycles. The molecule has 8 nitrogen and oxygen atoms in total. The van der Waals surface area contributed by atoms with Crippen molar-refractivity contribution in [1.29, 1.82) is 0 Å². The molecule has 1 fully saturated rings. The molecule has 146 valence electrons. The van der Waals surface area contributed by atoms with Crippen molar-refractivity contribution in [3.8, 4) is 11.5 Å². The zero-order chi connectivity index (χ0) is 20.3. The molecule has 0 aromatic heterocycles. The molecular formula is C20H20N2O6. The van der Waals surface area contributed by atoms with Crippen molar-refractivity contribution in [2.75, 3.05) is 31.0 Å². The number of hydrogen-bond donors (Lipinski definition) is 2. The Morgan fingerprint density at radius 1 is 1.11 bits per heavy atom. The first-order chi connectivity index (χ1) is 13.4. The monoisotopic (exact) mass is 384 g/mol. The van der Waals surface area contributed by atoms with Crippen LogP contribution in [0.2, 0.25) is 0 Å². The number of carboxylic acids is 1. The highest BCUT2D eigenvalue weighted by Gasteiger charge is 2.36. The molecule has 1 atom stereocenters. The summed E-state index contributed by atoms with van der Waals surface area (Å²) in [7, 11) is 2.87. The normalized spacial score (nSPS) is 16.0. The lowest BCUT2D eigenvalue weighted by molar-refractivity contribution is -0.141. The van der Waals surface area contributed by atoms with E-state index in [0.717, 1.165) is 0 Å². The van der Waals surface area contributed by atoms with E-state index in [0.29, 0.717) is 28.4 Å². The number of anilines is 2. The van der Waals surface area contributed by atoms with Gasteiger partial charge in [-0.2, -0.15) is 0 Å². The Labute approximate surface area is 161 Å². The van der Waals surface area contributed by atoms with Crippen LogP contribution in [0.1, 0.15) is 16.8 Å². The molecule has 8 heteroatoms. The van der Waals surface area contributed by atoms with Crippen LogP contribution in [0.25, 0.3) is 0 Å². The predicted molar refractivity (Wildman–Crippen MR) is 102 cm³/mol. The molecule has 1 saturated heterocycles. The number of nitrogens with one attached hydrogen (secondary N) is 1. The SMILES string of the molecule is COc1cc(N2C[C@H](C(=O)O)CC2=O)c(OC)cc1NC(=O)c1ccccc1. The zero-order valence-corrected chi connectivity index (χ0v) is 15.5. The average Bonchev–Trinajstić information content (AvgIpc) is 3.10. The van der Waals surface area contributed by atoms with E-state index in [1.165, 1.54) is 19.1 Å². The lowest BCUT2D eigenvalue weighted by Crippen LogP contribution is -2.26. The van der Waals surface area contributed by atoms with Crippen LogP contribution in [-0.2, 0) is 9.59 Å². The van der Waals surface area contributed by atoms with Gasteiger partial charge in [0.1, 0.15) is 11.5 Å². The van der Waals surface area contributed by atoms with Gasteiger partial charge in [0.15, 0.2) is 0 Å². The summed E-state index contributed by atoms with van der Waals surface area (Å²) >= 11 is 0. The zero-order valence-electron chi connectivity index (χ0n) is 15.5. The molecular weight excluding hydrogens is 364 g/mol. The smallest absolute Gasteiger partial charge is 0.308 e. The van der Waals surface area contributed by atoms with Crippen molar-refractivity contribution in [2.24, 2.45) is 5.92 Å². The summed E-state index contributed by atoms with van der Waals surface area (Å²) in [6.07, 6.45) is -0.0761. The Hall–Kier alpha value is -3.55. The maximum atomic E-state index is 12.5. The van der Waals surface area contributed by atoms with Crippen LogP contribution >= 0.6 is 0 Å². The molecule has 3 rings (SSSR count). The first kappa shape index (κ1) is 19.2. The molecule has 0 radical (unpaired) electrons. The van der Waals surface area contributed by atoms with Gasteiger partial charge in [-0.1, -0.05) is 18.2 Å². The summed E-state index contributed by atoms with van der Waals surface area (Å²) in [6.45, 7) is 0.0450. The quantitative estimate of drug-likeness (QED) is 0.792. The van der Waals surface area contributed by atoms with E-state index in [1.54, 1.807) is 36.4 Å². The van der Waals surface area contributed by atoms with Gasteiger partial charge in [0, 0.05) is 30.7 Å². The number of ether oxygens (including phenoxy) is 2. The Bertz CT molecular complexity index is 912. The Balaban J connectivity index is 1.93. The number of amides is 2. The molecule has 2 amide bonds. The van der Waals surface area contributed by atoms with E-state index in [2.05, 4.69) is 5.32 Å². The maximum absolute atomic E-state index is 12.5. The van der Waals surface area contributed by atoms with Gasteiger partial charge < -0.3 is 24.8 Å². The third-order valence-electron chi connectivity index (χ3n) is 4.55. The van der Waals surface area contributed by atoms with Crippen molar-refractivity contribution in [2.45, 2.75) is 6.42 Å². The van der Waals surface area contributed by atoms with Gasteiger partial charge in [-0.3, -0.25) is 14.4 Å². The second-order valence-corrected chi connectivity index (χ2v) is 6.29. The van der Waals surface area contributed by atoms with Gasteiger partial charge in [-0.25, -0.2) is 0 Å². The minimum Gasteiger partial charge on any atom is -0.494 e. The number of nitrogens with zero attached hydrogens (tertiary/aromatic N) is 1. The highest BCUT2D eigenvalue weighted by atomic mass is 16.5. The topological polar surface area (TPSA) is 105 Å². The number of methoxy groups -OCH3 is 2. The molecule has 2 aromatic carbocycles. The van der Waals surface area contributed by atoms with Gasteiger partial charge in [0.25, 0.3) is 5.91 Å². The van der Waals surface area contributed by atoms with E-state index in [4.69, 9.17) is 9.47 Å². The largest absolute Gasteiger partial charge is 0.494 e. The Morgan fingerprint density at radius 2 is 1.79 bits per heavy atom. The number of carboxylic acid groups (broad SMARTS) is 1. The first-order valence-corrected chi connectivity index (χ1v) is 8.60. The summed E-state index contributed by atoms with van der Waals surface area (Å²) in [4.78, 5) is 37.4. The van der Waals surface area contributed by atoms with Crippen molar-refractivity contribution >= 4 is 29.2 Å². The van der Waals surface area contributed by atoms with E-state index in [9.17, 15) is 19.5 Å². The summed E-state index contributed by atoms with van der Waals surface area (Å²) in [5.41, 5.74) is 1.25. The average molecular weight is 384 g/mol. The molecule has 0 unspecified atom stereocenters. The predicted octanol–water partition coefficient (Wildman–Crippen LogP) is 2.39. The van der Waals surface area contributed by atoms with Gasteiger partial charge >= 0.3 is 5.97 Å². The van der Waals surface area contributed by atoms with E-state index in [-0.39, 0.29) is 24.8 Å². The summed E-state index contributed by atoms with van der Waals surface area (Å²) in [5, 5.41) is 12.0. The van der Waals surface area contributed by atoms with E-state index < -0.39 is 11.9 Å². The summed E-state index contributed by atoms with van der Waals surface area (Å²) in [6, 6.07) is 11.8. The second-order valence-electron chi connectivity index (χ2n) is 6.29. The van der Waals surface area contributed by atoms with Crippen LogP contribution in [-0.4, -0.2) is 43.7 Å².